The number of methoxy groups -OCH3 is 1. The van der Waals surface area contributed by atoms with Gasteiger partial charge in [0, 0.05) is 30.9 Å². The normalized spacial score (nSPS) is 10.2. The third-order valence-corrected chi connectivity index (χ3v) is 4.29. The van der Waals surface area contributed by atoms with E-state index in [-0.39, 0.29) is 11.9 Å². The van der Waals surface area contributed by atoms with E-state index >= 15 is 0 Å². The molecule has 0 aliphatic heterocycles. The lowest BCUT2D eigenvalue weighted by molar-refractivity contribution is 0.0773. The molecule has 6 nitrogen and oxygen atoms in total. The number of nitrogens with one attached hydrogen (secondary N) is 2. The van der Waals surface area contributed by atoms with Crippen LogP contribution in [0.4, 0.5) is 10.5 Å². The minimum Gasteiger partial charge on any atom is -0.496 e. The molecule has 0 bridgehead atoms. The third kappa shape index (κ3) is 5.74. The molecule has 0 aliphatic carbocycles. The van der Waals surface area contributed by atoms with E-state index in [4.69, 9.17) is 4.74 Å². The molecular weight excluding hydrogens is 342 g/mol. The van der Waals surface area contributed by atoms with Gasteiger partial charge in [-0.15, -0.1) is 0 Å². The number of urea groups is 1. The second-order valence-corrected chi connectivity index (χ2v) is 6.00. The van der Waals surface area contributed by atoms with Crippen molar-refractivity contribution in [1.29, 1.82) is 0 Å². The van der Waals surface area contributed by atoms with Gasteiger partial charge in [-0.3, -0.25) is 4.79 Å². The summed E-state index contributed by atoms with van der Waals surface area (Å²) in [5.41, 5.74) is 2.18. The van der Waals surface area contributed by atoms with Gasteiger partial charge in [-0.1, -0.05) is 24.3 Å². The Labute approximate surface area is 160 Å². The van der Waals surface area contributed by atoms with Gasteiger partial charge < -0.3 is 20.3 Å². The van der Waals surface area contributed by atoms with Crippen molar-refractivity contribution in [2.24, 2.45) is 0 Å². The zero-order valence-electron chi connectivity index (χ0n) is 16.1. The number of hydrogen-bond donors (Lipinski definition) is 2. The predicted octanol–water partition coefficient (Wildman–Crippen LogP) is 3.54. The molecule has 0 saturated heterocycles. The number of amides is 3. The molecule has 0 saturated carbocycles. The zero-order valence-corrected chi connectivity index (χ0v) is 16.1. The van der Waals surface area contributed by atoms with Crippen molar-refractivity contribution in [2.75, 3.05) is 32.1 Å². The van der Waals surface area contributed by atoms with Crippen molar-refractivity contribution in [3.05, 3.63) is 59.7 Å². The van der Waals surface area contributed by atoms with Gasteiger partial charge in [-0.2, -0.15) is 0 Å². The average molecular weight is 369 g/mol. The molecule has 3 amide bonds. The smallest absolute Gasteiger partial charge is 0.319 e. The summed E-state index contributed by atoms with van der Waals surface area (Å²) >= 11 is 0. The van der Waals surface area contributed by atoms with Crippen molar-refractivity contribution in [2.45, 2.75) is 20.3 Å². The molecule has 27 heavy (non-hydrogen) atoms. The Morgan fingerprint density at radius 2 is 1.78 bits per heavy atom. The number of benzene rings is 2. The highest BCUT2D eigenvalue weighted by Gasteiger charge is 2.13. The Hall–Kier alpha value is -3.02. The van der Waals surface area contributed by atoms with E-state index in [9.17, 15) is 9.59 Å². The van der Waals surface area contributed by atoms with Crippen LogP contribution in [0, 0.1) is 0 Å². The number of carbonyl (C=O) groups is 2. The van der Waals surface area contributed by atoms with Crippen LogP contribution in [-0.4, -0.2) is 43.6 Å². The molecule has 0 aliphatic rings. The molecule has 0 radical (unpaired) electrons. The van der Waals surface area contributed by atoms with Crippen LogP contribution in [-0.2, 0) is 6.42 Å². The summed E-state index contributed by atoms with van der Waals surface area (Å²) in [6.45, 7) is 5.66. The predicted molar refractivity (Wildman–Crippen MR) is 107 cm³/mol. The van der Waals surface area contributed by atoms with Crippen molar-refractivity contribution < 1.29 is 14.3 Å². The maximum atomic E-state index is 12.4. The van der Waals surface area contributed by atoms with E-state index in [2.05, 4.69) is 10.6 Å². The van der Waals surface area contributed by atoms with Gasteiger partial charge in [0.15, 0.2) is 0 Å². The van der Waals surface area contributed by atoms with Gasteiger partial charge in [0.2, 0.25) is 0 Å². The lowest BCUT2D eigenvalue weighted by atomic mass is 10.1. The maximum Gasteiger partial charge on any atom is 0.319 e. The van der Waals surface area contributed by atoms with Crippen LogP contribution in [0.25, 0.3) is 0 Å². The summed E-state index contributed by atoms with van der Waals surface area (Å²) < 4.78 is 5.31. The highest BCUT2D eigenvalue weighted by molar-refractivity contribution is 5.96. The summed E-state index contributed by atoms with van der Waals surface area (Å²) in [6.07, 6.45) is 0.665. The Balaban J connectivity index is 1.90. The summed E-state index contributed by atoms with van der Waals surface area (Å²) in [5, 5.41) is 5.60. The molecular formula is C21H27N3O3. The van der Waals surface area contributed by atoms with Crippen molar-refractivity contribution in [3.63, 3.8) is 0 Å². The third-order valence-electron chi connectivity index (χ3n) is 4.29. The summed E-state index contributed by atoms with van der Waals surface area (Å²) in [5.74, 6) is 0.766. The average Bonchev–Trinajstić information content (AvgIpc) is 2.69. The van der Waals surface area contributed by atoms with Crippen LogP contribution in [0.2, 0.25) is 0 Å². The number of ether oxygens (including phenoxy) is 1. The molecule has 2 aromatic rings. The number of rotatable bonds is 8. The van der Waals surface area contributed by atoms with Gasteiger partial charge in [0.05, 0.1) is 7.11 Å². The topological polar surface area (TPSA) is 70.7 Å². The van der Waals surface area contributed by atoms with Crippen LogP contribution in [0.1, 0.15) is 29.8 Å². The van der Waals surface area contributed by atoms with E-state index < -0.39 is 0 Å². The van der Waals surface area contributed by atoms with Crippen LogP contribution in [0.3, 0.4) is 0 Å². The Bertz CT molecular complexity index is 773. The fourth-order valence-electron chi connectivity index (χ4n) is 2.82. The van der Waals surface area contributed by atoms with Gasteiger partial charge in [0.1, 0.15) is 5.75 Å². The number of nitrogens with zero attached hydrogens (tertiary/aromatic N) is 1. The highest BCUT2D eigenvalue weighted by atomic mass is 16.5. The summed E-state index contributed by atoms with van der Waals surface area (Å²) in [6, 6.07) is 14.4. The lowest BCUT2D eigenvalue weighted by Gasteiger charge is -2.19. The number of carbonyl (C=O) groups excluding carboxylic acids is 2. The van der Waals surface area contributed by atoms with Crippen LogP contribution < -0.4 is 15.4 Å². The Morgan fingerprint density at radius 3 is 2.48 bits per heavy atom. The van der Waals surface area contributed by atoms with Gasteiger partial charge in [0.25, 0.3) is 5.91 Å². The van der Waals surface area contributed by atoms with Gasteiger partial charge in [-0.25, -0.2) is 4.79 Å². The highest BCUT2D eigenvalue weighted by Crippen LogP contribution is 2.17. The molecule has 2 aromatic carbocycles. The largest absolute Gasteiger partial charge is 0.496 e. The fraction of sp³-hybridized carbons (Fsp3) is 0.333. The first-order valence-corrected chi connectivity index (χ1v) is 9.15. The SMILES string of the molecule is CCN(CC)C(=O)c1cccc(NC(=O)NCCc2ccccc2OC)c1. The first-order valence-electron chi connectivity index (χ1n) is 9.15. The first-order chi connectivity index (χ1) is 13.1. The zero-order chi connectivity index (χ0) is 19.6. The van der Waals surface area contributed by atoms with E-state index in [0.29, 0.717) is 37.3 Å². The Kier molecular flexibility index (Phi) is 7.67. The molecule has 6 heteroatoms. The molecule has 2 rings (SSSR count). The van der Waals surface area contributed by atoms with Crippen LogP contribution in [0.5, 0.6) is 5.75 Å². The maximum absolute atomic E-state index is 12.4. The standard InChI is InChI=1S/C21H27N3O3/c1-4-24(5-2)20(25)17-10-8-11-18(15-17)23-21(26)22-14-13-16-9-6-7-12-19(16)27-3/h6-12,15H,4-5,13-14H2,1-3H3,(H2,22,23,26). The number of hydrogen-bond acceptors (Lipinski definition) is 3. The molecule has 144 valence electrons. The molecule has 2 N–H and O–H groups in total. The molecule has 0 aromatic heterocycles. The van der Waals surface area contributed by atoms with Crippen molar-refractivity contribution >= 4 is 17.6 Å². The minimum absolute atomic E-state index is 0.0415. The lowest BCUT2D eigenvalue weighted by Crippen LogP contribution is -2.31. The van der Waals surface area contributed by atoms with Crippen LogP contribution >= 0.6 is 0 Å². The van der Waals surface area contributed by atoms with E-state index in [0.717, 1.165) is 11.3 Å². The molecule has 0 unspecified atom stereocenters. The minimum atomic E-state index is -0.308. The fourth-order valence-corrected chi connectivity index (χ4v) is 2.82. The van der Waals surface area contributed by atoms with Gasteiger partial charge >= 0.3 is 6.03 Å². The molecule has 0 heterocycles. The van der Waals surface area contributed by atoms with Crippen molar-refractivity contribution in [3.8, 4) is 5.75 Å². The molecule has 0 fully saturated rings. The second kappa shape index (κ2) is 10.2. The summed E-state index contributed by atoms with van der Waals surface area (Å²) in [7, 11) is 1.63. The number of para-hydroxylation sites is 1. The monoisotopic (exact) mass is 369 g/mol. The van der Waals surface area contributed by atoms with E-state index in [1.54, 1.807) is 36.3 Å². The van der Waals surface area contributed by atoms with Gasteiger partial charge in [-0.05, 0) is 50.1 Å². The quantitative estimate of drug-likeness (QED) is 0.748. The molecule has 0 atom stereocenters. The van der Waals surface area contributed by atoms with E-state index in [1.807, 2.05) is 38.1 Å². The second-order valence-electron chi connectivity index (χ2n) is 6.00. The number of anilines is 1. The van der Waals surface area contributed by atoms with Crippen molar-refractivity contribution in [1.82, 2.24) is 10.2 Å². The summed E-state index contributed by atoms with van der Waals surface area (Å²) in [4.78, 5) is 26.3. The Morgan fingerprint density at radius 1 is 1.04 bits per heavy atom. The van der Waals surface area contributed by atoms with E-state index in [1.165, 1.54) is 0 Å². The van der Waals surface area contributed by atoms with Crippen LogP contribution in [0.15, 0.2) is 48.5 Å². The first kappa shape index (κ1) is 20.3. The molecule has 0 spiro atoms.